The Bertz CT molecular complexity index is 1370. The van der Waals surface area contributed by atoms with Crippen molar-refractivity contribution in [1.82, 2.24) is 28.8 Å². The molecule has 1 aliphatic heterocycles. The van der Waals surface area contributed by atoms with Crippen LogP contribution < -0.4 is 5.69 Å². The molecule has 33 heavy (non-hydrogen) atoms. The first-order valence-corrected chi connectivity index (χ1v) is 11.2. The highest BCUT2D eigenvalue weighted by Crippen LogP contribution is 2.25. The zero-order valence-corrected chi connectivity index (χ0v) is 18.4. The van der Waals surface area contributed by atoms with E-state index in [0.717, 1.165) is 12.8 Å². The van der Waals surface area contributed by atoms with Crippen molar-refractivity contribution < 1.29 is 9.18 Å². The molecule has 0 radical (unpaired) electrons. The zero-order chi connectivity index (χ0) is 22.9. The number of carbonyl (C=O) groups is 1. The lowest BCUT2D eigenvalue weighted by Crippen LogP contribution is -2.43. The van der Waals surface area contributed by atoms with Gasteiger partial charge in [0, 0.05) is 32.0 Å². The first-order valence-electron chi connectivity index (χ1n) is 11.2. The number of carbonyl (C=O) groups excluding carboxylic acids is 1. The number of aryl methyl sites for hydroxylation is 1. The minimum Gasteiger partial charge on any atom is -0.335 e. The van der Waals surface area contributed by atoms with Crippen LogP contribution in [0.25, 0.3) is 11.2 Å². The summed E-state index contributed by atoms with van der Waals surface area (Å²) in [5, 5.41) is 4.21. The van der Waals surface area contributed by atoms with Gasteiger partial charge in [0.15, 0.2) is 5.65 Å². The van der Waals surface area contributed by atoms with Gasteiger partial charge in [-0.1, -0.05) is 12.1 Å². The second kappa shape index (κ2) is 8.65. The fraction of sp³-hybridized carbons (Fsp3) is 0.333. The maximum Gasteiger partial charge on any atom is 0.330 e. The number of hydrogen-bond donors (Lipinski definition) is 0. The van der Waals surface area contributed by atoms with Crippen molar-refractivity contribution in [3.63, 3.8) is 0 Å². The van der Waals surface area contributed by atoms with Gasteiger partial charge in [-0.3, -0.25) is 18.6 Å². The molecule has 4 aromatic rings. The molecule has 1 aliphatic rings. The second-order valence-corrected chi connectivity index (χ2v) is 8.29. The van der Waals surface area contributed by atoms with E-state index in [4.69, 9.17) is 0 Å². The summed E-state index contributed by atoms with van der Waals surface area (Å²) in [5.74, 6) is -0.418. The van der Waals surface area contributed by atoms with Gasteiger partial charge in [0.1, 0.15) is 11.5 Å². The van der Waals surface area contributed by atoms with Crippen LogP contribution in [0.4, 0.5) is 4.39 Å². The molecule has 0 bridgehead atoms. The van der Waals surface area contributed by atoms with Crippen LogP contribution in [-0.2, 0) is 13.1 Å². The molecule has 1 aromatic carbocycles. The van der Waals surface area contributed by atoms with E-state index in [1.165, 1.54) is 12.1 Å². The van der Waals surface area contributed by atoms with Gasteiger partial charge in [0.2, 0.25) is 0 Å². The van der Waals surface area contributed by atoms with E-state index in [-0.39, 0.29) is 30.0 Å². The number of benzene rings is 1. The molecule has 0 aliphatic carbocycles. The Morgan fingerprint density at radius 1 is 1.18 bits per heavy atom. The lowest BCUT2D eigenvalue weighted by Gasteiger charge is -2.33. The Hall–Kier alpha value is -3.75. The highest BCUT2D eigenvalue weighted by atomic mass is 19.1. The predicted octanol–water partition coefficient (Wildman–Crippen LogP) is 3.08. The number of amides is 1. The third-order valence-corrected chi connectivity index (χ3v) is 6.24. The number of aromatic nitrogens is 5. The first kappa shape index (κ1) is 21.1. The summed E-state index contributed by atoms with van der Waals surface area (Å²) in [6, 6.07) is 11.4. The highest BCUT2D eigenvalue weighted by Gasteiger charge is 2.30. The molecule has 0 unspecified atom stereocenters. The molecule has 9 heteroatoms. The number of nitrogens with zero attached hydrogens (tertiary/aromatic N) is 6. The summed E-state index contributed by atoms with van der Waals surface area (Å²) < 4.78 is 18.7. The maximum atomic E-state index is 13.7. The number of halogens is 1. The van der Waals surface area contributed by atoms with Crippen LogP contribution in [0.3, 0.4) is 0 Å². The monoisotopic (exact) mass is 448 g/mol. The molecule has 3 aromatic heterocycles. The van der Waals surface area contributed by atoms with Crippen molar-refractivity contribution >= 4 is 17.1 Å². The minimum atomic E-state index is -0.338. The number of rotatable bonds is 5. The molecular weight excluding hydrogens is 423 g/mol. The van der Waals surface area contributed by atoms with E-state index < -0.39 is 0 Å². The molecule has 1 atom stereocenters. The van der Waals surface area contributed by atoms with E-state index >= 15 is 0 Å². The Balaban J connectivity index is 1.50. The van der Waals surface area contributed by atoms with Gasteiger partial charge in [0.05, 0.1) is 18.1 Å². The summed E-state index contributed by atoms with van der Waals surface area (Å²) in [6.45, 7) is 3.86. The standard InChI is InChI=1S/C24H25FN6O2/c1-2-30-21(10-12-27-30)23(32)28-13-5-8-19(16-28)31-22-20(9-4-11-26-22)29(24(31)33)15-17-6-3-7-18(25)14-17/h3-4,6-7,9-12,14,19H,2,5,8,13,15-16H2,1H3/t19-/m0/s1. The van der Waals surface area contributed by atoms with Gasteiger partial charge in [-0.05, 0) is 55.7 Å². The number of pyridine rings is 1. The number of hydrogen-bond acceptors (Lipinski definition) is 4. The average Bonchev–Trinajstić information content (AvgIpc) is 3.41. The fourth-order valence-electron chi connectivity index (χ4n) is 4.69. The zero-order valence-electron chi connectivity index (χ0n) is 18.4. The van der Waals surface area contributed by atoms with E-state index in [2.05, 4.69) is 10.1 Å². The number of likely N-dealkylation sites (tertiary alicyclic amines) is 1. The van der Waals surface area contributed by atoms with Crippen LogP contribution in [-0.4, -0.2) is 47.8 Å². The maximum absolute atomic E-state index is 13.7. The molecule has 0 spiro atoms. The topological polar surface area (TPSA) is 78.0 Å². The second-order valence-electron chi connectivity index (χ2n) is 8.29. The van der Waals surface area contributed by atoms with E-state index in [9.17, 15) is 14.0 Å². The molecule has 4 heterocycles. The largest absolute Gasteiger partial charge is 0.335 e. The summed E-state index contributed by atoms with van der Waals surface area (Å²) in [7, 11) is 0. The molecule has 1 amide bonds. The Morgan fingerprint density at radius 2 is 2.06 bits per heavy atom. The smallest absolute Gasteiger partial charge is 0.330 e. The van der Waals surface area contributed by atoms with Gasteiger partial charge in [0.25, 0.3) is 5.91 Å². The lowest BCUT2D eigenvalue weighted by atomic mass is 10.0. The van der Waals surface area contributed by atoms with Crippen molar-refractivity contribution in [1.29, 1.82) is 0 Å². The molecule has 1 fully saturated rings. The molecule has 5 rings (SSSR count). The SMILES string of the molecule is CCn1nccc1C(=O)N1CCC[C@H](n2c(=O)n(Cc3cccc(F)c3)c3cccnc32)C1. The van der Waals surface area contributed by atoms with Crippen LogP contribution in [0, 0.1) is 5.82 Å². The van der Waals surface area contributed by atoms with Crippen molar-refractivity contribution in [2.45, 2.75) is 38.9 Å². The third kappa shape index (κ3) is 3.83. The van der Waals surface area contributed by atoms with Gasteiger partial charge in [-0.25, -0.2) is 14.2 Å². The molecule has 0 saturated carbocycles. The summed E-state index contributed by atoms with van der Waals surface area (Å²) in [6.07, 6.45) is 4.85. The third-order valence-electron chi connectivity index (χ3n) is 6.24. The van der Waals surface area contributed by atoms with Gasteiger partial charge in [-0.2, -0.15) is 5.10 Å². The van der Waals surface area contributed by atoms with Crippen LogP contribution in [0.2, 0.25) is 0 Å². The van der Waals surface area contributed by atoms with Crippen molar-refractivity contribution in [3.8, 4) is 0 Å². The highest BCUT2D eigenvalue weighted by molar-refractivity contribution is 5.92. The first-order chi connectivity index (χ1) is 16.1. The van der Waals surface area contributed by atoms with Crippen LogP contribution in [0.1, 0.15) is 41.9 Å². The van der Waals surface area contributed by atoms with Crippen molar-refractivity contribution in [2.75, 3.05) is 13.1 Å². The molecular formula is C24H25FN6O2. The summed E-state index contributed by atoms with van der Waals surface area (Å²) in [5.41, 5.74) is 2.33. The number of imidazole rings is 1. The number of piperidine rings is 1. The molecule has 170 valence electrons. The predicted molar refractivity (Wildman–Crippen MR) is 122 cm³/mol. The minimum absolute atomic E-state index is 0.0800. The average molecular weight is 449 g/mol. The Morgan fingerprint density at radius 3 is 2.88 bits per heavy atom. The van der Waals surface area contributed by atoms with Gasteiger partial charge >= 0.3 is 5.69 Å². The normalized spacial score (nSPS) is 16.4. The molecule has 0 N–H and O–H groups in total. The lowest BCUT2D eigenvalue weighted by molar-refractivity contribution is 0.0666. The van der Waals surface area contributed by atoms with Crippen LogP contribution in [0.15, 0.2) is 59.7 Å². The summed E-state index contributed by atoms with van der Waals surface area (Å²) >= 11 is 0. The van der Waals surface area contributed by atoms with Crippen LogP contribution in [0.5, 0.6) is 0 Å². The Kier molecular flexibility index (Phi) is 5.53. The van der Waals surface area contributed by atoms with E-state index in [1.807, 2.05) is 13.0 Å². The van der Waals surface area contributed by atoms with Crippen LogP contribution >= 0.6 is 0 Å². The Labute approximate surface area is 189 Å². The quantitative estimate of drug-likeness (QED) is 0.470. The van der Waals surface area contributed by atoms with E-state index in [1.54, 1.807) is 55.4 Å². The fourth-order valence-corrected chi connectivity index (χ4v) is 4.69. The van der Waals surface area contributed by atoms with Gasteiger partial charge < -0.3 is 4.90 Å². The van der Waals surface area contributed by atoms with Crippen molar-refractivity contribution in [3.05, 3.63) is 82.4 Å². The molecule has 1 saturated heterocycles. The van der Waals surface area contributed by atoms with Crippen molar-refractivity contribution in [2.24, 2.45) is 0 Å². The van der Waals surface area contributed by atoms with Gasteiger partial charge in [-0.15, -0.1) is 0 Å². The number of fused-ring (bicyclic) bond motifs is 1. The van der Waals surface area contributed by atoms with E-state index in [0.29, 0.717) is 42.1 Å². The molecule has 8 nitrogen and oxygen atoms in total. The summed E-state index contributed by atoms with van der Waals surface area (Å²) in [4.78, 5) is 33.0.